The Hall–Kier alpha value is -0.870. The topological polar surface area (TPSA) is 47.1 Å². The molecule has 4 nitrogen and oxygen atoms in total. The smallest absolute Gasteiger partial charge is 0.0538 e. The predicted molar refractivity (Wildman–Crippen MR) is 83.6 cm³/mol. The number of rotatable bonds is 5. The van der Waals surface area contributed by atoms with Crippen molar-refractivity contribution in [3.05, 3.63) is 18.0 Å². The summed E-state index contributed by atoms with van der Waals surface area (Å²) in [6, 6.07) is 0.744. The van der Waals surface area contributed by atoms with Gasteiger partial charge in [-0.05, 0) is 52.1 Å². The Balaban J connectivity index is 2.06. The molecule has 1 fully saturated rings. The van der Waals surface area contributed by atoms with Gasteiger partial charge in [0.05, 0.1) is 12.2 Å². The van der Waals surface area contributed by atoms with Gasteiger partial charge in [-0.2, -0.15) is 5.10 Å². The third-order valence-corrected chi connectivity index (χ3v) is 4.66. The fourth-order valence-electron chi connectivity index (χ4n) is 3.21. The van der Waals surface area contributed by atoms with E-state index in [9.17, 15) is 0 Å². The van der Waals surface area contributed by atoms with Crippen LogP contribution in [-0.2, 0) is 0 Å². The first kappa shape index (κ1) is 15.5. The van der Waals surface area contributed by atoms with E-state index in [1.807, 2.05) is 10.9 Å². The van der Waals surface area contributed by atoms with Gasteiger partial charge in [-0.1, -0.05) is 13.3 Å². The molecular formula is C16H30N4. The Labute approximate surface area is 123 Å². The van der Waals surface area contributed by atoms with E-state index < -0.39 is 0 Å². The molecule has 1 aromatic heterocycles. The molecule has 1 aliphatic rings. The van der Waals surface area contributed by atoms with Crippen LogP contribution in [-0.4, -0.2) is 34.3 Å². The third kappa shape index (κ3) is 3.61. The molecule has 1 saturated heterocycles. The molecule has 2 N–H and O–H groups in total. The molecule has 0 saturated carbocycles. The first-order chi connectivity index (χ1) is 9.65. The van der Waals surface area contributed by atoms with Gasteiger partial charge in [-0.3, -0.25) is 9.58 Å². The van der Waals surface area contributed by atoms with Crippen molar-refractivity contribution in [2.75, 3.05) is 19.6 Å². The fourth-order valence-corrected chi connectivity index (χ4v) is 3.21. The van der Waals surface area contributed by atoms with E-state index in [-0.39, 0.29) is 0 Å². The van der Waals surface area contributed by atoms with Crippen LogP contribution in [0, 0.1) is 5.92 Å². The van der Waals surface area contributed by atoms with E-state index in [4.69, 9.17) is 5.73 Å². The normalized spacial score (nSPS) is 22.9. The lowest BCUT2D eigenvalue weighted by molar-refractivity contribution is 0.206. The van der Waals surface area contributed by atoms with Crippen LogP contribution in [0.2, 0.25) is 0 Å². The number of hydrogen-bond donors (Lipinski definition) is 1. The lowest BCUT2D eigenvalue weighted by atomic mass is 9.98. The second-order valence-electron chi connectivity index (χ2n) is 6.34. The maximum atomic E-state index is 6.06. The van der Waals surface area contributed by atoms with Crippen molar-refractivity contribution in [3.8, 4) is 0 Å². The first-order valence-corrected chi connectivity index (χ1v) is 8.13. The Bertz CT molecular complexity index is 399. The van der Waals surface area contributed by atoms with Gasteiger partial charge in [0, 0.05) is 24.3 Å². The molecule has 20 heavy (non-hydrogen) atoms. The molecule has 2 atom stereocenters. The highest BCUT2D eigenvalue weighted by atomic mass is 15.3. The van der Waals surface area contributed by atoms with Crippen molar-refractivity contribution in [1.29, 1.82) is 0 Å². The van der Waals surface area contributed by atoms with Crippen molar-refractivity contribution in [1.82, 2.24) is 14.7 Å². The van der Waals surface area contributed by atoms with E-state index in [1.54, 1.807) is 0 Å². The minimum atomic E-state index is 0.332. The van der Waals surface area contributed by atoms with E-state index in [0.29, 0.717) is 18.6 Å². The molecule has 2 rings (SSSR count). The minimum Gasteiger partial charge on any atom is -0.329 e. The summed E-state index contributed by atoms with van der Waals surface area (Å²) < 4.78 is 2.03. The molecule has 0 amide bonds. The van der Waals surface area contributed by atoms with Gasteiger partial charge in [0.15, 0.2) is 0 Å². The zero-order valence-corrected chi connectivity index (χ0v) is 13.3. The van der Waals surface area contributed by atoms with Crippen molar-refractivity contribution >= 4 is 0 Å². The van der Waals surface area contributed by atoms with E-state index in [1.165, 1.54) is 44.3 Å². The van der Waals surface area contributed by atoms with Crippen molar-refractivity contribution < 1.29 is 0 Å². The summed E-state index contributed by atoms with van der Waals surface area (Å²) in [6.45, 7) is 9.66. The zero-order chi connectivity index (χ0) is 14.5. The zero-order valence-electron chi connectivity index (χ0n) is 13.3. The van der Waals surface area contributed by atoms with Crippen LogP contribution >= 0.6 is 0 Å². The lowest BCUT2D eigenvalue weighted by Gasteiger charge is -2.29. The van der Waals surface area contributed by atoms with Crippen LogP contribution in [0.15, 0.2) is 12.4 Å². The molecule has 2 heterocycles. The van der Waals surface area contributed by atoms with Crippen LogP contribution in [0.25, 0.3) is 0 Å². The second kappa shape index (κ2) is 7.23. The van der Waals surface area contributed by atoms with Gasteiger partial charge in [0.2, 0.25) is 0 Å². The maximum Gasteiger partial charge on any atom is 0.0538 e. The van der Waals surface area contributed by atoms with Crippen LogP contribution < -0.4 is 5.73 Å². The second-order valence-corrected chi connectivity index (χ2v) is 6.34. The molecule has 114 valence electrons. The molecule has 0 radical (unpaired) electrons. The van der Waals surface area contributed by atoms with Crippen LogP contribution in [0.5, 0.6) is 0 Å². The summed E-state index contributed by atoms with van der Waals surface area (Å²) >= 11 is 0. The van der Waals surface area contributed by atoms with Crippen molar-refractivity contribution in [2.45, 2.75) is 58.5 Å². The van der Waals surface area contributed by atoms with Gasteiger partial charge in [-0.15, -0.1) is 0 Å². The lowest BCUT2D eigenvalue weighted by Crippen LogP contribution is -2.34. The Morgan fingerprint density at radius 3 is 2.75 bits per heavy atom. The Kier molecular flexibility index (Phi) is 5.61. The molecule has 0 aromatic carbocycles. The number of hydrogen-bond acceptors (Lipinski definition) is 3. The first-order valence-electron chi connectivity index (χ1n) is 8.13. The molecular weight excluding hydrogens is 248 g/mol. The average Bonchev–Trinajstić information content (AvgIpc) is 2.80. The van der Waals surface area contributed by atoms with Crippen LogP contribution in [0.4, 0.5) is 0 Å². The maximum absolute atomic E-state index is 6.06. The molecule has 1 aliphatic heterocycles. The van der Waals surface area contributed by atoms with Crippen molar-refractivity contribution in [2.24, 2.45) is 11.7 Å². The van der Waals surface area contributed by atoms with Gasteiger partial charge < -0.3 is 5.73 Å². The Morgan fingerprint density at radius 2 is 2.15 bits per heavy atom. The average molecular weight is 278 g/mol. The molecule has 2 unspecified atom stereocenters. The SMILES string of the molecule is CCC1CCCN(C(CN)c2cnn(C(C)C)c2)CC1. The van der Waals surface area contributed by atoms with E-state index in [0.717, 1.165) is 5.92 Å². The molecule has 0 spiro atoms. The highest BCUT2D eigenvalue weighted by Gasteiger charge is 2.24. The van der Waals surface area contributed by atoms with E-state index in [2.05, 4.69) is 37.0 Å². The van der Waals surface area contributed by atoms with E-state index >= 15 is 0 Å². The van der Waals surface area contributed by atoms with Gasteiger partial charge in [0.25, 0.3) is 0 Å². The third-order valence-electron chi connectivity index (χ3n) is 4.66. The van der Waals surface area contributed by atoms with Gasteiger partial charge in [-0.25, -0.2) is 0 Å². The fraction of sp³-hybridized carbons (Fsp3) is 0.812. The summed E-state index contributed by atoms with van der Waals surface area (Å²) in [5, 5.41) is 4.47. The van der Waals surface area contributed by atoms with Crippen LogP contribution in [0.1, 0.15) is 64.1 Å². The number of nitrogens with zero attached hydrogens (tertiary/aromatic N) is 3. The monoisotopic (exact) mass is 278 g/mol. The molecule has 0 bridgehead atoms. The summed E-state index contributed by atoms with van der Waals surface area (Å²) in [6.07, 6.45) is 9.46. The number of nitrogens with two attached hydrogens (primary N) is 1. The molecule has 1 aromatic rings. The standard InChI is InChI=1S/C16H30N4/c1-4-14-6-5-8-19(9-7-14)16(10-17)15-11-18-20(12-15)13(2)3/h11-14,16H,4-10,17H2,1-3H3. The molecule has 4 heteroatoms. The highest BCUT2D eigenvalue weighted by Crippen LogP contribution is 2.27. The molecule has 0 aliphatic carbocycles. The highest BCUT2D eigenvalue weighted by molar-refractivity contribution is 5.12. The summed E-state index contributed by atoms with van der Waals surface area (Å²) in [4.78, 5) is 2.57. The van der Waals surface area contributed by atoms with Crippen LogP contribution in [0.3, 0.4) is 0 Å². The van der Waals surface area contributed by atoms with Gasteiger partial charge in [0.1, 0.15) is 0 Å². The minimum absolute atomic E-state index is 0.332. The number of aromatic nitrogens is 2. The largest absolute Gasteiger partial charge is 0.329 e. The van der Waals surface area contributed by atoms with Crippen molar-refractivity contribution in [3.63, 3.8) is 0 Å². The quantitative estimate of drug-likeness (QED) is 0.900. The summed E-state index contributed by atoms with van der Waals surface area (Å²) in [5.74, 6) is 0.900. The predicted octanol–water partition coefficient (Wildman–Crippen LogP) is 2.98. The summed E-state index contributed by atoms with van der Waals surface area (Å²) in [7, 11) is 0. The van der Waals surface area contributed by atoms with Gasteiger partial charge >= 0.3 is 0 Å². The Morgan fingerprint density at radius 1 is 1.35 bits per heavy atom. The summed E-state index contributed by atoms with van der Waals surface area (Å²) in [5.41, 5.74) is 7.33. The number of likely N-dealkylation sites (tertiary alicyclic amines) is 1.